The van der Waals surface area contributed by atoms with Gasteiger partial charge in [-0.1, -0.05) is 67.1 Å². The van der Waals surface area contributed by atoms with Crippen molar-refractivity contribution in [2.24, 2.45) is 0 Å². The van der Waals surface area contributed by atoms with E-state index in [1.807, 2.05) is 6.92 Å². The Morgan fingerprint density at radius 3 is 2.32 bits per heavy atom. The number of sulfonamides is 1. The maximum atomic E-state index is 13.7. The van der Waals surface area contributed by atoms with Crippen molar-refractivity contribution < 1.29 is 22.7 Å². The van der Waals surface area contributed by atoms with Crippen molar-refractivity contribution in [1.29, 1.82) is 0 Å². The number of carbonyl (C=O) groups is 2. The molecule has 1 saturated carbocycles. The predicted octanol–water partition coefficient (Wildman–Crippen LogP) is 6.46. The minimum Gasteiger partial charge on any atom is -0.495 e. The smallest absolute Gasteiger partial charge is 0.243 e. The third-order valence-electron chi connectivity index (χ3n) is 7.25. The minimum atomic E-state index is -3.66. The summed E-state index contributed by atoms with van der Waals surface area (Å²) in [7, 11) is -2.19. The summed E-state index contributed by atoms with van der Waals surface area (Å²) >= 11 is 18.6. The van der Waals surface area contributed by atoms with Gasteiger partial charge in [0.15, 0.2) is 0 Å². The van der Waals surface area contributed by atoms with Crippen molar-refractivity contribution in [1.82, 2.24) is 10.2 Å². The lowest BCUT2D eigenvalue weighted by Gasteiger charge is -2.33. The Bertz CT molecular complexity index is 1320. The number of nitrogens with one attached hydrogen (secondary N) is 1. The van der Waals surface area contributed by atoms with Crippen LogP contribution in [0.2, 0.25) is 15.1 Å². The van der Waals surface area contributed by atoms with Gasteiger partial charge in [-0.05, 0) is 61.6 Å². The maximum Gasteiger partial charge on any atom is 0.243 e. The Balaban J connectivity index is 1.79. The fourth-order valence-corrected chi connectivity index (χ4v) is 6.64. The molecule has 8 nitrogen and oxygen atoms in total. The van der Waals surface area contributed by atoms with E-state index in [9.17, 15) is 18.0 Å². The van der Waals surface area contributed by atoms with E-state index in [4.69, 9.17) is 39.5 Å². The lowest BCUT2D eigenvalue weighted by Crippen LogP contribution is -2.51. The van der Waals surface area contributed by atoms with E-state index in [0.29, 0.717) is 27.9 Å². The molecule has 0 heterocycles. The maximum absolute atomic E-state index is 13.7. The van der Waals surface area contributed by atoms with Gasteiger partial charge in [0.25, 0.3) is 0 Å². The van der Waals surface area contributed by atoms with Crippen LogP contribution in [0.5, 0.6) is 5.75 Å². The predicted molar refractivity (Wildman–Crippen MR) is 166 cm³/mol. The summed E-state index contributed by atoms with van der Waals surface area (Å²) in [5, 5.41) is 4.18. The monoisotopic (exact) mass is 645 g/mol. The van der Waals surface area contributed by atoms with Gasteiger partial charge in [0.1, 0.15) is 11.8 Å². The Morgan fingerprint density at radius 2 is 1.73 bits per heavy atom. The molecule has 0 saturated heterocycles. The number of rotatable bonds is 13. The number of anilines is 1. The van der Waals surface area contributed by atoms with Crippen LogP contribution in [0.25, 0.3) is 0 Å². The normalized spacial score (nSPS) is 14.8. The molecule has 1 atom stereocenters. The molecule has 0 spiro atoms. The molecule has 0 aromatic heterocycles. The molecule has 41 heavy (non-hydrogen) atoms. The standard InChI is InChI=1S/C29H38Cl3N3O5S/c1-4-26(29(37)33-21-9-6-5-7-10-21)34(19-20-12-14-23(30)24(31)17-20)28(36)11-8-16-35(41(3,38)39)22-13-15-27(40-2)25(32)18-22/h12-15,17-18,21,26H,4-11,16,19H2,1-3H3,(H,33,37)/t26-/m1/s1. The van der Waals surface area contributed by atoms with E-state index < -0.39 is 16.1 Å². The van der Waals surface area contributed by atoms with E-state index in [1.54, 1.807) is 35.2 Å². The third kappa shape index (κ3) is 9.40. The molecule has 0 unspecified atom stereocenters. The van der Waals surface area contributed by atoms with Crippen LogP contribution >= 0.6 is 34.8 Å². The molecule has 1 aliphatic carbocycles. The molecular weight excluding hydrogens is 609 g/mol. The van der Waals surface area contributed by atoms with Gasteiger partial charge in [-0.15, -0.1) is 0 Å². The summed E-state index contributed by atoms with van der Waals surface area (Å²) in [6, 6.07) is 9.26. The molecule has 1 aliphatic rings. The second-order valence-corrected chi connectivity index (χ2v) is 13.4. The van der Waals surface area contributed by atoms with Gasteiger partial charge >= 0.3 is 0 Å². The first-order valence-corrected chi connectivity index (χ1v) is 16.8. The number of hydrogen-bond donors (Lipinski definition) is 1. The molecule has 2 aromatic rings. The van der Waals surface area contributed by atoms with Crippen molar-refractivity contribution in [2.75, 3.05) is 24.2 Å². The van der Waals surface area contributed by atoms with Gasteiger partial charge in [0.2, 0.25) is 21.8 Å². The van der Waals surface area contributed by atoms with Crippen molar-refractivity contribution in [2.45, 2.75) is 76.9 Å². The molecule has 1 fully saturated rings. The average Bonchev–Trinajstić information content (AvgIpc) is 2.92. The number of ether oxygens (including phenoxy) is 1. The second kappa shape index (κ2) is 15.3. The molecule has 3 rings (SSSR count). The Hall–Kier alpha value is -2.20. The Labute approximate surface area is 258 Å². The molecule has 0 aliphatic heterocycles. The highest BCUT2D eigenvalue weighted by Gasteiger charge is 2.30. The summed E-state index contributed by atoms with van der Waals surface area (Å²) in [5.74, 6) is -0.0181. The highest BCUT2D eigenvalue weighted by molar-refractivity contribution is 7.92. The summed E-state index contributed by atoms with van der Waals surface area (Å²) in [5.41, 5.74) is 1.11. The van der Waals surface area contributed by atoms with Gasteiger partial charge in [0, 0.05) is 25.6 Å². The van der Waals surface area contributed by atoms with Crippen LogP contribution in [-0.2, 0) is 26.2 Å². The molecule has 1 N–H and O–H groups in total. The van der Waals surface area contributed by atoms with Crippen LogP contribution < -0.4 is 14.4 Å². The lowest BCUT2D eigenvalue weighted by molar-refractivity contribution is -0.141. The SMILES string of the molecule is CC[C@H](C(=O)NC1CCCCC1)N(Cc1ccc(Cl)c(Cl)c1)C(=O)CCCN(c1ccc(OC)c(Cl)c1)S(C)(=O)=O. The minimum absolute atomic E-state index is 0.0322. The van der Waals surface area contributed by atoms with Crippen molar-refractivity contribution in [3.63, 3.8) is 0 Å². The van der Waals surface area contributed by atoms with E-state index >= 15 is 0 Å². The zero-order chi connectivity index (χ0) is 30.2. The molecule has 2 aromatic carbocycles. The third-order valence-corrected chi connectivity index (χ3v) is 9.48. The zero-order valence-corrected chi connectivity index (χ0v) is 26.8. The second-order valence-electron chi connectivity index (χ2n) is 10.3. The zero-order valence-electron chi connectivity index (χ0n) is 23.7. The molecular formula is C29H38Cl3N3O5S. The summed E-state index contributed by atoms with van der Waals surface area (Å²) < 4.78 is 31.6. The highest BCUT2D eigenvalue weighted by atomic mass is 35.5. The number of hydrogen-bond acceptors (Lipinski definition) is 5. The highest BCUT2D eigenvalue weighted by Crippen LogP contribution is 2.31. The quantitative estimate of drug-likeness (QED) is 0.270. The van der Waals surface area contributed by atoms with Crippen LogP contribution in [0.3, 0.4) is 0 Å². The topological polar surface area (TPSA) is 96.0 Å². The molecule has 226 valence electrons. The van der Waals surface area contributed by atoms with Crippen LogP contribution in [0.4, 0.5) is 5.69 Å². The molecule has 0 radical (unpaired) electrons. The number of benzene rings is 2. The molecule has 12 heteroatoms. The van der Waals surface area contributed by atoms with Crippen molar-refractivity contribution in [3.05, 3.63) is 57.0 Å². The summed E-state index contributed by atoms with van der Waals surface area (Å²) in [6.07, 6.45) is 6.96. The van der Waals surface area contributed by atoms with Gasteiger partial charge < -0.3 is 15.0 Å². The van der Waals surface area contributed by atoms with Gasteiger partial charge in [-0.25, -0.2) is 8.42 Å². The van der Waals surface area contributed by atoms with Gasteiger partial charge in [-0.3, -0.25) is 13.9 Å². The van der Waals surface area contributed by atoms with Crippen molar-refractivity contribution >= 4 is 62.3 Å². The van der Waals surface area contributed by atoms with E-state index in [1.165, 1.54) is 23.9 Å². The number of halogens is 3. The molecule has 2 amide bonds. The van der Waals surface area contributed by atoms with Crippen LogP contribution in [-0.4, -0.2) is 57.1 Å². The Morgan fingerprint density at radius 1 is 1.02 bits per heavy atom. The first-order valence-electron chi connectivity index (χ1n) is 13.8. The van der Waals surface area contributed by atoms with Crippen LogP contribution in [0.15, 0.2) is 36.4 Å². The first kappa shape index (κ1) is 33.3. The number of carbonyl (C=O) groups excluding carboxylic acids is 2. The van der Waals surface area contributed by atoms with E-state index in [0.717, 1.165) is 37.5 Å². The van der Waals surface area contributed by atoms with Crippen molar-refractivity contribution in [3.8, 4) is 5.75 Å². The average molecular weight is 647 g/mol. The number of nitrogens with zero attached hydrogens (tertiary/aromatic N) is 2. The fourth-order valence-electron chi connectivity index (χ4n) is 5.11. The van der Waals surface area contributed by atoms with E-state index in [-0.39, 0.29) is 48.8 Å². The summed E-state index contributed by atoms with van der Waals surface area (Å²) in [6.45, 7) is 2.09. The molecule has 0 bridgehead atoms. The first-order chi connectivity index (χ1) is 19.4. The van der Waals surface area contributed by atoms with Gasteiger partial charge in [0.05, 0.1) is 34.1 Å². The largest absolute Gasteiger partial charge is 0.495 e. The lowest BCUT2D eigenvalue weighted by atomic mass is 9.95. The number of amides is 2. The van der Waals surface area contributed by atoms with Gasteiger partial charge in [-0.2, -0.15) is 0 Å². The summed E-state index contributed by atoms with van der Waals surface area (Å²) in [4.78, 5) is 28.7. The van der Waals surface area contributed by atoms with Crippen LogP contribution in [0, 0.1) is 0 Å². The van der Waals surface area contributed by atoms with Crippen LogP contribution in [0.1, 0.15) is 63.9 Å². The fraction of sp³-hybridized carbons (Fsp3) is 0.517. The van der Waals surface area contributed by atoms with E-state index in [2.05, 4.69) is 5.32 Å². The Kier molecular flexibility index (Phi) is 12.4. The number of methoxy groups -OCH3 is 1.